The molecule has 6 nitrogen and oxygen atoms in total. The predicted molar refractivity (Wildman–Crippen MR) is 85.2 cm³/mol. The molecule has 1 rings (SSSR count). The number of hydrogen-bond donors (Lipinski definition) is 2. The van der Waals surface area contributed by atoms with Crippen LogP contribution in [0.2, 0.25) is 0 Å². The molecular weight excluding hydrogens is 406 g/mol. The first-order chi connectivity index (χ1) is 12.2. The molecule has 1 aromatic rings. The third-order valence-corrected chi connectivity index (χ3v) is 3.47. The number of carbonyl (C=O) groups is 1. The molecule has 0 aliphatic rings. The number of hydrogen-bond acceptors (Lipinski definition) is 4. The summed E-state index contributed by atoms with van der Waals surface area (Å²) in [4.78, 5) is 19.3. The van der Waals surface area contributed by atoms with Crippen molar-refractivity contribution in [2.45, 2.75) is 38.8 Å². The van der Waals surface area contributed by atoms with Gasteiger partial charge >= 0.3 is 24.1 Å². The first-order valence-corrected chi connectivity index (χ1v) is 7.65. The van der Waals surface area contributed by atoms with E-state index in [0.29, 0.717) is 5.69 Å². The Morgan fingerprint density at radius 1 is 1.19 bits per heavy atom. The van der Waals surface area contributed by atoms with Crippen molar-refractivity contribution < 1.29 is 36.0 Å². The topological polar surface area (TPSA) is 75.6 Å². The van der Waals surface area contributed by atoms with E-state index in [1.54, 1.807) is 5.32 Å². The quantitative estimate of drug-likeness (QED) is 0.317. The van der Waals surface area contributed by atoms with E-state index in [9.17, 15) is 31.1 Å². The summed E-state index contributed by atoms with van der Waals surface area (Å²) >= 11 is 5.46. The van der Waals surface area contributed by atoms with Crippen LogP contribution in [-0.4, -0.2) is 34.3 Å². The van der Waals surface area contributed by atoms with Crippen molar-refractivity contribution in [3.8, 4) is 0 Å². The largest absolute Gasteiger partial charge is 0.461 e. The fourth-order valence-corrected chi connectivity index (χ4v) is 1.60. The lowest BCUT2D eigenvalue weighted by Gasteiger charge is -2.34. The van der Waals surface area contributed by atoms with E-state index in [-0.39, 0.29) is 5.82 Å². The van der Waals surface area contributed by atoms with Gasteiger partial charge in [-0.05, 0) is 19.1 Å². The molecule has 0 saturated carbocycles. The standard InChI is InChI=1S/C14H15ClF6N4O2/c1-7(2)10(15)25-27-12(13(16,17)18,14(19,20)21)24-11(26)23-9-6-4-5-8(3)22-9/h4-7H,1-3H3,(H2,22,23,24,26)/b25-10+. The van der Waals surface area contributed by atoms with E-state index in [1.807, 2.05) is 0 Å². The number of oxime groups is 1. The number of rotatable bonds is 5. The highest BCUT2D eigenvalue weighted by Crippen LogP contribution is 2.44. The number of nitrogens with zero attached hydrogens (tertiary/aromatic N) is 2. The van der Waals surface area contributed by atoms with E-state index in [4.69, 9.17) is 11.6 Å². The molecular formula is C14H15ClF6N4O2. The number of urea groups is 1. The molecule has 0 radical (unpaired) electrons. The highest BCUT2D eigenvalue weighted by atomic mass is 35.5. The van der Waals surface area contributed by atoms with Gasteiger partial charge in [-0.1, -0.05) is 36.7 Å². The van der Waals surface area contributed by atoms with Crippen LogP contribution in [0.3, 0.4) is 0 Å². The van der Waals surface area contributed by atoms with Crippen LogP contribution < -0.4 is 10.6 Å². The highest BCUT2D eigenvalue weighted by Gasteiger charge is 2.76. The smallest absolute Gasteiger partial charge is 0.346 e. The van der Waals surface area contributed by atoms with Gasteiger partial charge in [0, 0.05) is 11.6 Å². The third-order valence-electron chi connectivity index (χ3n) is 2.96. The Morgan fingerprint density at radius 2 is 1.74 bits per heavy atom. The van der Waals surface area contributed by atoms with Crippen molar-refractivity contribution >= 4 is 28.6 Å². The zero-order valence-corrected chi connectivity index (χ0v) is 14.9. The summed E-state index contributed by atoms with van der Waals surface area (Å²) in [5.74, 6) is -0.981. The number of alkyl halides is 6. The minimum Gasteiger partial charge on any atom is -0.346 e. The summed E-state index contributed by atoms with van der Waals surface area (Å²) in [7, 11) is 0. The summed E-state index contributed by atoms with van der Waals surface area (Å²) in [5, 5.41) is 4.54. The van der Waals surface area contributed by atoms with Crippen molar-refractivity contribution in [2.24, 2.45) is 11.1 Å². The number of aromatic nitrogens is 1. The number of anilines is 1. The second kappa shape index (κ2) is 8.19. The van der Waals surface area contributed by atoms with Crippen molar-refractivity contribution in [1.82, 2.24) is 10.3 Å². The maximum atomic E-state index is 13.3. The Bertz CT molecular complexity index is 692. The lowest BCUT2D eigenvalue weighted by Crippen LogP contribution is -2.69. The SMILES string of the molecule is Cc1cccc(NC(=O)NC(O/N=C(/Cl)C(C)C)(C(F)(F)F)C(F)(F)F)n1. The van der Waals surface area contributed by atoms with Gasteiger partial charge in [-0.3, -0.25) is 10.6 Å². The molecule has 152 valence electrons. The maximum Gasteiger partial charge on any atom is 0.461 e. The molecule has 2 N–H and O–H groups in total. The normalized spacial score (nSPS) is 13.5. The summed E-state index contributed by atoms with van der Waals surface area (Å²) in [6.07, 6.45) is -12.2. The van der Waals surface area contributed by atoms with E-state index >= 15 is 0 Å². The first kappa shape index (κ1) is 22.8. The number of halogens is 7. The second-order valence-electron chi connectivity index (χ2n) is 5.58. The Balaban J connectivity index is 3.23. The molecule has 0 saturated heterocycles. The number of amides is 2. The van der Waals surface area contributed by atoms with Gasteiger partial charge in [0.2, 0.25) is 0 Å². The average molecular weight is 421 g/mol. The van der Waals surface area contributed by atoms with E-state index in [1.165, 1.54) is 39.0 Å². The van der Waals surface area contributed by atoms with Gasteiger partial charge < -0.3 is 4.84 Å². The minimum absolute atomic E-state index is 0.269. The molecule has 0 unspecified atom stereocenters. The van der Waals surface area contributed by atoms with Gasteiger partial charge in [0.05, 0.1) is 0 Å². The maximum absolute atomic E-state index is 13.3. The molecule has 13 heteroatoms. The van der Waals surface area contributed by atoms with Crippen LogP contribution >= 0.6 is 11.6 Å². The minimum atomic E-state index is -6.11. The van der Waals surface area contributed by atoms with Gasteiger partial charge in [-0.15, -0.1) is 0 Å². The molecule has 1 aromatic heterocycles. The number of aryl methyl sites for hydroxylation is 1. The van der Waals surface area contributed by atoms with Gasteiger partial charge in [-0.25, -0.2) is 9.78 Å². The summed E-state index contributed by atoms with van der Waals surface area (Å²) in [5.41, 5.74) is -4.75. The lowest BCUT2D eigenvalue weighted by atomic mass is 10.2. The van der Waals surface area contributed by atoms with Crippen molar-refractivity contribution in [3.05, 3.63) is 23.9 Å². The molecule has 2 amide bonds. The van der Waals surface area contributed by atoms with Crippen LogP contribution in [0.15, 0.2) is 23.4 Å². The molecule has 0 aliphatic heterocycles. The van der Waals surface area contributed by atoms with E-state index in [2.05, 4.69) is 15.0 Å². The van der Waals surface area contributed by atoms with Crippen LogP contribution in [0.25, 0.3) is 0 Å². The third kappa shape index (κ3) is 5.62. The van der Waals surface area contributed by atoms with Crippen LogP contribution in [0.1, 0.15) is 19.5 Å². The van der Waals surface area contributed by atoms with Crippen molar-refractivity contribution in [2.75, 3.05) is 5.32 Å². The lowest BCUT2D eigenvalue weighted by molar-refractivity contribution is -0.388. The zero-order chi connectivity index (χ0) is 21.0. The Labute approximate surface area is 154 Å². The average Bonchev–Trinajstić information content (AvgIpc) is 2.48. The molecule has 27 heavy (non-hydrogen) atoms. The predicted octanol–water partition coefficient (Wildman–Crippen LogP) is 4.56. The van der Waals surface area contributed by atoms with Gasteiger partial charge in [0.15, 0.2) is 0 Å². The second-order valence-corrected chi connectivity index (χ2v) is 5.97. The summed E-state index contributed by atoms with van der Waals surface area (Å²) in [6, 6.07) is 2.20. The van der Waals surface area contributed by atoms with Crippen LogP contribution in [0, 0.1) is 12.8 Å². The van der Waals surface area contributed by atoms with Crippen LogP contribution in [0.5, 0.6) is 0 Å². The van der Waals surface area contributed by atoms with Gasteiger partial charge in [0.1, 0.15) is 11.0 Å². The first-order valence-electron chi connectivity index (χ1n) is 7.27. The summed E-state index contributed by atoms with van der Waals surface area (Å²) in [6.45, 7) is 4.23. The molecule has 1 heterocycles. The Morgan fingerprint density at radius 3 is 2.19 bits per heavy atom. The summed E-state index contributed by atoms with van der Waals surface area (Å²) < 4.78 is 79.6. The van der Waals surface area contributed by atoms with Crippen molar-refractivity contribution in [1.29, 1.82) is 0 Å². The zero-order valence-electron chi connectivity index (χ0n) is 14.2. The molecule has 0 aliphatic carbocycles. The van der Waals surface area contributed by atoms with Gasteiger partial charge in [0.25, 0.3) is 0 Å². The number of carbonyl (C=O) groups excluding carboxylic acids is 1. The molecule has 0 fully saturated rings. The van der Waals surface area contributed by atoms with Crippen LogP contribution in [0.4, 0.5) is 37.0 Å². The van der Waals surface area contributed by atoms with Gasteiger partial charge in [-0.2, -0.15) is 26.3 Å². The Kier molecular flexibility index (Phi) is 6.92. The van der Waals surface area contributed by atoms with E-state index < -0.39 is 35.2 Å². The molecule has 0 atom stereocenters. The molecule has 0 spiro atoms. The fraction of sp³-hybridized carbons (Fsp3) is 0.500. The number of pyridine rings is 1. The molecule has 0 bridgehead atoms. The van der Waals surface area contributed by atoms with Crippen molar-refractivity contribution in [3.63, 3.8) is 0 Å². The van der Waals surface area contributed by atoms with E-state index in [0.717, 1.165) is 5.32 Å². The van der Waals surface area contributed by atoms with Crippen LogP contribution in [-0.2, 0) is 4.84 Å². The monoisotopic (exact) mass is 420 g/mol. The fourth-order valence-electron chi connectivity index (χ4n) is 1.57. The molecule has 0 aromatic carbocycles. The highest BCUT2D eigenvalue weighted by molar-refractivity contribution is 6.65. The Hall–Kier alpha value is -2.24. The number of nitrogens with one attached hydrogen (secondary N) is 2.